The van der Waals surface area contributed by atoms with Gasteiger partial charge < -0.3 is 14.4 Å². The number of nitriles is 1. The highest BCUT2D eigenvalue weighted by molar-refractivity contribution is 6.35. The summed E-state index contributed by atoms with van der Waals surface area (Å²) in [5.41, 5.74) is 3.26. The van der Waals surface area contributed by atoms with Crippen molar-refractivity contribution in [2.45, 2.75) is 52.5 Å². The van der Waals surface area contributed by atoms with Crippen molar-refractivity contribution in [3.63, 3.8) is 0 Å². The van der Waals surface area contributed by atoms with E-state index in [0.29, 0.717) is 22.5 Å². The summed E-state index contributed by atoms with van der Waals surface area (Å²) in [5, 5.41) is 14.1. The first kappa shape index (κ1) is 24.9. The minimum absolute atomic E-state index is 0.479. The third-order valence-corrected chi connectivity index (χ3v) is 7.19. The van der Waals surface area contributed by atoms with E-state index < -0.39 is 0 Å². The quantitative estimate of drug-likeness (QED) is 0.413. The third-order valence-electron chi connectivity index (χ3n) is 6.88. The Morgan fingerprint density at radius 3 is 2.74 bits per heavy atom. The SMILES string of the molecule is C=C(C)OCC.Cc1cc(C#N)cn(C)[nH]cc1-c1ncc2c(Cl)cn(C3CC4CCC3C4)c2n1. The molecule has 3 atom stereocenters. The van der Waals surface area contributed by atoms with E-state index in [9.17, 15) is 5.26 Å². The summed E-state index contributed by atoms with van der Waals surface area (Å²) in [6, 6.07) is 4.55. The number of hydrogen-bond acceptors (Lipinski definition) is 4. The maximum absolute atomic E-state index is 9.37. The molecule has 5 rings (SSSR count). The second-order valence-corrected chi connectivity index (χ2v) is 9.92. The fraction of sp³-hybridized carbons (Fsp3) is 0.444. The lowest BCUT2D eigenvalue weighted by Crippen LogP contribution is -2.15. The summed E-state index contributed by atoms with van der Waals surface area (Å²) < 4.78 is 8.88. The van der Waals surface area contributed by atoms with E-state index in [1.165, 1.54) is 25.7 Å². The number of nitrogens with zero attached hydrogens (tertiary/aromatic N) is 5. The second kappa shape index (κ2) is 10.6. The number of fused-ring (bicyclic) bond motifs is 3. The number of allylic oxidation sites excluding steroid dienone is 1. The summed E-state index contributed by atoms with van der Waals surface area (Å²) in [6.07, 6.45) is 12.7. The molecule has 0 amide bonds. The van der Waals surface area contributed by atoms with E-state index in [2.05, 4.69) is 27.3 Å². The molecule has 35 heavy (non-hydrogen) atoms. The van der Waals surface area contributed by atoms with Crippen molar-refractivity contribution < 1.29 is 4.74 Å². The molecule has 3 aromatic rings. The predicted octanol–water partition coefficient (Wildman–Crippen LogP) is 6.64. The monoisotopic (exact) mass is 492 g/mol. The van der Waals surface area contributed by atoms with Crippen LogP contribution in [0.2, 0.25) is 5.02 Å². The molecule has 2 saturated carbocycles. The number of aromatic amines is 1. The van der Waals surface area contributed by atoms with Crippen molar-refractivity contribution >= 4 is 22.6 Å². The highest BCUT2D eigenvalue weighted by Crippen LogP contribution is 2.51. The van der Waals surface area contributed by atoms with Crippen LogP contribution in [-0.4, -0.2) is 30.9 Å². The number of hydrogen-bond donors (Lipinski definition) is 1. The Balaban J connectivity index is 0.000000431. The molecule has 3 heterocycles. The lowest BCUT2D eigenvalue weighted by molar-refractivity contribution is 0.233. The number of ether oxygens (including phenoxy) is 1. The molecule has 0 saturated heterocycles. The second-order valence-electron chi connectivity index (χ2n) is 9.51. The summed E-state index contributed by atoms with van der Waals surface area (Å²) >= 11 is 6.54. The minimum atomic E-state index is 0.479. The van der Waals surface area contributed by atoms with E-state index >= 15 is 0 Å². The van der Waals surface area contributed by atoms with Gasteiger partial charge in [-0.25, -0.2) is 9.97 Å². The Bertz CT molecular complexity index is 1330. The van der Waals surface area contributed by atoms with Gasteiger partial charge in [0.15, 0.2) is 5.82 Å². The van der Waals surface area contributed by atoms with E-state index in [-0.39, 0.29) is 0 Å². The molecule has 1 N–H and O–H groups in total. The van der Waals surface area contributed by atoms with Crippen molar-refractivity contribution in [3.05, 3.63) is 59.3 Å². The Kier molecular flexibility index (Phi) is 7.51. The lowest BCUT2D eigenvalue weighted by atomic mass is 9.95. The zero-order valence-electron chi connectivity index (χ0n) is 20.9. The molecule has 0 aromatic carbocycles. The molecule has 8 heteroatoms. The highest BCUT2D eigenvalue weighted by Gasteiger charge is 2.41. The largest absolute Gasteiger partial charge is 0.499 e. The summed E-state index contributed by atoms with van der Waals surface area (Å²) in [4.78, 5) is 9.54. The molecule has 7 nitrogen and oxygen atoms in total. The van der Waals surface area contributed by atoms with Crippen LogP contribution in [-0.2, 0) is 11.8 Å². The first-order valence-electron chi connectivity index (χ1n) is 12.1. The Hall–Kier alpha value is -3.24. The molecular formula is C27H33ClN6O. The molecule has 0 radical (unpaired) electrons. The molecule has 184 valence electrons. The summed E-state index contributed by atoms with van der Waals surface area (Å²) in [5.74, 6) is 2.99. The van der Waals surface area contributed by atoms with E-state index in [4.69, 9.17) is 21.3 Å². The minimum Gasteiger partial charge on any atom is -0.499 e. The predicted molar refractivity (Wildman–Crippen MR) is 139 cm³/mol. The molecule has 3 unspecified atom stereocenters. The first-order chi connectivity index (χ1) is 16.8. The molecule has 3 aromatic heterocycles. The van der Waals surface area contributed by atoms with Gasteiger partial charge in [0.25, 0.3) is 0 Å². The van der Waals surface area contributed by atoms with Gasteiger partial charge in [0.05, 0.1) is 28.3 Å². The van der Waals surface area contributed by atoms with Gasteiger partial charge in [-0.1, -0.05) is 24.6 Å². The van der Waals surface area contributed by atoms with E-state index in [1.54, 1.807) is 10.9 Å². The Morgan fingerprint density at radius 2 is 2.14 bits per heavy atom. The molecular weight excluding hydrogens is 460 g/mol. The van der Waals surface area contributed by atoms with Crippen LogP contribution in [0.25, 0.3) is 22.4 Å². The van der Waals surface area contributed by atoms with Gasteiger partial charge in [-0.05, 0) is 63.5 Å². The Morgan fingerprint density at radius 1 is 1.34 bits per heavy atom. The number of aromatic nitrogens is 5. The van der Waals surface area contributed by atoms with Gasteiger partial charge in [-0.2, -0.15) is 5.26 Å². The van der Waals surface area contributed by atoms with Gasteiger partial charge >= 0.3 is 0 Å². The highest BCUT2D eigenvalue weighted by atomic mass is 35.5. The number of aryl methyl sites for hydroxylation is 2. The molecule has 2 bridgehead atoms. The van der Waals surface area contributed by atoms with Crippen LogP contribution in [0.5, 0.6) is 0 Å². The fourth-order valence-electron chi connectivity index (χ4n) is 5.35. The number of rotatable bonds is 4. The number of H-pyrrole nitrogens is 1. The molecule has 2 aliphatic carbocycles. The molecule has 2 aliphatic rings. The number of nitrogens with one attached hydrogen (secondary N) is 1. The fourth-order valence-corrected chi connectivity index (χ4v) is 5.59. The van der Waals surface area contributed by atoms with Crippen LogP contribution in [0.3, 0.4) is 0 Å². The van der Waals surface area contributed by atoms with Crippen LogP contribution in [0.1, 0.15) is 56.7 Å². The maximum atomic E-state index is 9.37. The van der Waals surface area contributed by atoms with Gasteiger partial charge in [-0.15, -0.1) is 0 Å². The molecule has 2 fully saturated rings. The maximum Gasteiger partial charge on any atom is 0.163 e. The molecule has 0 aliphatic heterocycles. The van der Waals surface area contributed by atoms with Gasteiger partial charge in [0, 0.05) is 43.4 Å². The average Bonchev–Trinajstić information content (AvgIpc) is 3.53. The van der Waals surface area contributed by atoms with Gasteiger partial charge in [0.2, 0.25) is 0 Å². The van der Waals surface area contributed by atoms with Crippen LogP contribution < -0.4 is 0 Å². The summed E-state index contributed by atoms with van der Waals surface area (Å²) in [7, 11) is 1.85. The topological polar surface area (TPSA) is 84.5 Å². The standard InChI is InChI=1S/C22H23ClN6.C5H10O/c1-13-5-15(8-24)11-28(2)26-10-17(13)21-25-9-18-19(23)12-29(22(18)27-21)20-7-14-3-4-16(20)6-14;1-4-6-5(2)3/h5,9-12,14,16,20,26H,3-4,6-7H2,1-2H3;2,4H2,1,3H3. The zero-order valence-corrected chi connectivity index (χ0v) is 21.6. The van der Waals surface area contributed by atoms with E-state index in [0.717, 1.165) is 46.4 Å². The average molecular weight is 493 g/mol. The van der Waals surface area contributed by atoms with Crippen molar-refractivity contribution in [2.75, 3.05) is 6.61 Å². The van der Waals surface area contributed by atoms with Crippen molar-refractivity contribution in [3.8, 4) is 17.5 Å². The number of halogens is 1. The Labute approximate surface area is 211 Å². The lowest BCUT2D eigenvalue weighted by Gasteiger charge is -2.24. The third kappa shape index (κ3) is 5.38. The van der Waals surface area contributed by atoms with Gasteiger partial charge in [-0.3, -0.25) is 4.68 Å². The zero-order chi connectivity index (χ0) is 25.1. The van der Waals surface area contributed by atoms with Crippen LogP contribution in [0.4, 0.5) is 0 Å². The van der Waals surface area contributed by atoms with Crippen LogP contribution in [0.15, 0.2) is 43.2 Å². The smallest absolute Gasteiger partial charge is 0.163 e. The van der Waals surface area contributed by atoms with Crippen LogP contribution in [0, 0.1) is 30.1 Å². The van der Waals surface area contributed by atoms with Crippen molar-refractivity contribution in [2.24, 2.45) is 18.9 Å². The van der Waals surface area contributed by atoms with Crippen molar-refractivity contribution in [1.29, 1.82) is 5.26 Å². The van der Waals surface area contributed by atoms with Crippen molar-refractivity contribution in [1.82, 2.24) is 24.3 Å². The normalized spacial score (nSPS) is 20.2. The van der Waals surface area contributed by atoms with E-state index in [1.807, 2.05) is 52.5 Å². The summed E-state index contributed by atoms with van der Waals surface area (Å²) in [6.45, 7) is 10.0. The van der Waals surface area contributed by atoms with Gasteiger partial charge in [0.1, 0.15) is 11.7 Å². The van der Waals surface area contributed by atoms with Crippen LogP contribution >= 0.6 is 11.6 Å². The first-order valence-corrected chi connectivity index (χ1v) is 12.5. The molecule has 0 spiro atoms.